The summed E-state index contributed by atoms with van der Waals surface area (Å²) < 4.78 is 7.52. The van der Waals surface area contributed by atoms with Crippen molar-refractivity contribution in [2.75, 3.05) is 13.7 Å². The Morgan fingerprint density at radius 1 is 1.26 bits per heavy atom. The Labute approximate surface area is 180 Å². The van der Waals surface area contributed by atoms with Gasteiger partial charge in [-0.1, -0.05) is 6.07 Å². The van der Waals surface area contributed by atoms with Gasteiger partial charge in [0.2, 0.25) is 0 Å². The normalized spacial score (nSPS) is 18.6. The zero-order valence-electron chi connectivity index (χ0n) is 17.7. The van der Waals surface area contributed by atoms with Crippen LogP contribution < -0.4 is 4.74 Å². The molecule has 2 atom stereocenters. The minimum absolute atomic E-state index is 0.0673. The highest BCUT2D eigenvalue weighted by Gasteiger charge is 2.33. The lowest BCUT2D eigenvalue weighted by atomic mass is 10.1. The molecule has 1 saturated heterocycles. The first-order chi connectivity index (χ1) is 15.1. The van der Waals surface area contributed by atoms with Crippen molar-refractivity contribution in [3.05, 3.63) is 66.6 Å². The second kappa shape index (κ2) is 7.91. The molecule has 1 aliphatic heterocycles. The highest BCUT2D eigenvalue weighted by atomic mass is 16.5. The topological polar surface area (TPSA) is 76.0 Å². The van der Waals surface area contributed by atoms with Crippen LogP contribution in [0.15, 0.2) is 61.1 Å². The first-order valence-electron chi connectivity index (χ1n) is 10.5. The number of pyridine rings is 1. The first-order valence-corrected chi connectivity index (χ1v) is 10.5. The number of hydrogen-bond donors (Lipinski definition) is 1. The molecule has 1 N–H and O–H groups in total. The van der Waals surface area contributed by atoms with E-state index in [1.54, 1.807) is 13.3 Å². The number of hydrogen-bond acceptors (Lipinski definition) is 4. The number of carbonyl (C=O) groups excluding carboxylic acids is 1. The number of amides is 1. The zero-order chi connectivity index (χ0) is 21.4. The van der Waals surface area contributed by atoms with Gasteiger partial charge < -0.3 is 14.2 Å². The number of benzene rings is 1. The van der Waals surface area contributed by atoms with E-state index in [1.807, 2.05) is 41.4 Å². The molecular weight excluding hydrogens is 390 g/mol. The summed E-state index contributed by atoms with van der Waals surface area (Å²) in [6.07, 6.45) is 6.70. The van der Waals surface area contributed by atoms with Crippen LogP contribution in [0.2, 0.25) is 0 Å². The highest BCUT2D eigenvalue weighted by molar-refractivity contribution is 5.95. The van der Waals surface area contributed by atoms with Crippen molar-refractivity contribution in [1.82, 2.24) is 24.6 Å². The van der Waals surface area contributed by atoms with Crippen molar-refractivity contribution in [2.45, 2.75) is 25.9 Å². The molecule has 0 spiro atoms. The maximum Gasteiger partial charge on any atom is 0.254 e. The number of rotatable bonds is 5. The lowest BCUT2D eigenvalue weighted by Crippen LogP contribution is -2.34. The summed E-state index contributed by atoms with van der Waals surface area (Å²) in [6.45, 7) is 3.74. The van der Waals surface area contributed by atoms with Gasteiger partial charge in [0.05, 0.1) is 30.0 Å². The van der Waals surface area contributed by atoms with Gasteiger partial charge in [-0.05, 0) is 55.7 Å². The molecule has 1 unspecified atom stereocenters. The van der Waals surface area contributed by atoms with Gasteiger partial charge in [0.25, 0.3) is 5.91 Å². The monoisotopic (exact) mass is 415 g/mol. The largest absolute Gasteiger partial charge is 0.497 e. The van der Waals surface area contributed by atoms with E-state index in [9.17, 15) is 4.79 Å². The molecule has 4 heterocycles. The fraction of sp³-hybridized carbons (Fsp3) is 0.292. The maximum atomic E-state index is 13.1. The number of likely N-dealkylation sites (tertiary alicyclic amines) is 1. The van der Waals surface area contributed by atoms with Gasteiger partial charge in [0, 0.05) is 42.7 Å². The van der Waals surface area contributed by atoms with Gasteiger partial charge >= 0.3 is 0 Å². The van der Waals surface area contributed by atoms with Crippen LogP contribution in [0.3, 0.4) is 0 Å². The molecular formula is C24H25N5O2. The van der Waals surface area contributed by atoms with Crippen LogP contribution in [0.25, 0.3) is 22.3 Å². The van der Waals surface area contributed by atoms with Crippen molar-refractivity contribution < 1.29 is 9.53 Å². The van der Waals surface area contributed by atoms with Gasteiger partial charge in [0.1, 0.15) is 5.75 Å². The number of H-pyrrole nitrogens is 1. The highest BCUT2D eigenvalue weighted by Crippen LogP contribution is 2.29. The third kappa shape index (κ3) is 3.67. The fourth-order valence-corrected chi connectivity index (χ4v) is 4.54. The fourth-order valence-electron chi connectivity index (χ4n) is 4.54. The summed E-state index contributed by atoms with van der Waals surface area (Å²) in [7, 11) is 1.62. The molecule has 0 saturated carbocycles. The second-order valence-electron chi connectivity index (χ2n) is 8.20. The van der Waals surface area contributed by atoms with Crippen molar-refractivity contribution >= 4 is 16.9 Å². The van der Waals surface area contributed by atoms with Crippen LogP contribution in [0.4, 0.5) is 0 Å². The summed E-state index contributed by atoms with van der Waals surface area (Å²) in [4.78, 5) is 19.8. The predicted octanol–water partition coefficient (Wildman–Crippen LogP) is 3.99. The van der Waals surface area contributed by atoms with Gasteiger partial charge in [-0.25, -0.2) is 4.98 Å². The molecule has 3 aromatic heterocycles. The molecule has 1 amide bonds. The molecule has 1 aliphatic rings. The van der Waals surface area contributed by atoms with Crippen LogP contribution >= 0.6 is 0 Å². The Kier molecular flexibility index (Phi) is 4.94. The van der Waals surface area contributed by atoms with Gasteiger partial charge in [-0.2, -0.15) is 5.10 Å². The van der Waals surface area contributed by atoms with Crippen LogP contribution in [0.1, 0.15) is 23.7 Å². The molecule has 7 heteroatoms. The molecule has 1 fully saturated rings. The van der Waals surface area contributed by atoms with Crippen LogP contribution in [-0.4, -0.2) is 50.3 Å². The van der Waals surface area contributed by atoms with E-state index < -0.39 is 0 Å². The van der Waals surface area contributed by atoms with Crippen molar-refractivity contribution in [1.29, 1.82) is 0 Å². The number of aromatic amines is 1. The van der Waals surface area contributed by atoms with Crippen LogP contribution in [-0.2, 0) is 6.54 Å². The number of fused-ring (bicyclic) bond motifs is 1. The number of nitrogens with one attached hydrogen (secondary N) is 1. The standard InChI is InChI=1S/C24H25N5O2/c1-16-10-17(15-29(16)24(30)18-4-3-5-20(11-18)31-2)14-28-9-8-22-23(28)7-6-21(27-22)19-12-25-26-13-19/h3-9,11-13,16-17H,10,14-15H2,1-2H3,(H,25,26)/t16-,17?/m1/s1. The zero-order valence-corrected chi connectivity index (χ0v) is 17.7. The lowest BCUT2D eigenvalue weighted by molar-refractivity contribution is 0.0742. The lowest BCUT2D eigenvalue weighted by Gasteiger charge is -2.22. The Balaban J connectivity index is 1.32. The molecule has 1 aromatic carbocycles. The smallest absolute Gasteiger partial charge is 0.254 e. The Bertz CT molecular complexity index is 1210. The minimum Gasteiger partial charge on any atom is -0.497 e. The summed E-state index contributed by atoms with van der Waals surface area (Å²) in [5.74, 6) is 1.17. The first kappa shape index (κ1) is 19.4. The molecule has 7 nitrogen and oxygen atoms in total. The van der Waals surface area contributed by atoms with E-state index in [-0.39, 0.29) is 11.9 Å². The SMILES string of the molecule is COc1cccc(C(=O)N2CC(Cn3ccc4nc(-c5cn[nH]c5)ccc43)C[C@H]2C)c1. The minimum atomic E-state index is 0.0673. The number of carbonyl (C=O) groups is 1. The van der Waals surface area contributed by atoms with Crippen molar-refractivity contribution in [2.24, 2.45) is 5.92 Å². The maximum absolute atomic E-state index is 13.1. The molecule has 0 radical (unpaired) electrons. The Morgan fingerprint density at radius 3 is 2.97 bits per heavy atom. The van der Waals surface area contributed by atoms with E-state index >= 15 is 0 Å². The van der Waals surface area contributed by atoms with E-state index in [4.69, 9.17) is 9.72 Å². The van der Waals surface area contributed by atoms with E-state index in [1.165, 1.54) is 0 Å². The number of methoxy groups -OCH3 is 1. The summed E-state index contributed by atoms with van der Waals surface area (Å²) in [5.41, 5.74) is 4.63. The van der Waals surface area contributed by atoms with E-state index in [0.717, 1.165) is 41.8 Å². The molecule has 0 bridgehead atoms. The Morgan fingerprint density at radius 2 is 2.16 bits per heavy atom. The van der Waals surface area contributed by atoms with Gasteiger partial charge in [-0.3, -0.25) is 9.89 Å². The molecule has 5 rings (SSSR count). The second-order valence-corrected chi connectivity index (χ2v) is 8.20. The average Bonchev–Trinajstić information content (AvgIpc) is 3.54. The van der Waals surface area contributed by atoms with E-state index in [2.05, 4.69) is 40.0 Å². The molecule has 0 aliphatic carbocycles. The quantitative estimate of drug-likeness (QED) is 0.535. The number of nitrogens with zero attached hydrogens (tertiary/aromatic N) is 4. The van der Waals surface area contributed by atoms with Crippen molar-refractivity contribution in [3.63, 3.8) is 0 Å². The van der Waals surface area contributed by atoms with Gasteiger partial charge in [-0.15, -0.1) is 0 Å². The average molecular weight is 415 g/mol. The van der Waals surface area contributed by atoms with Crippen LogP contribution in [0, 0.1) is 5.92 Å². The predicted molar refractivity (Wildman–Crippen MR) is 119 cm³/mol. The van der Waals surface area contributed by atoms with Crippen LogP contribution in [0.5, 0.6) is 5.75 Å². The Hall–Kier alpha value is -3.61. The summed E-state index contributed by atoms with van der Waals surface area (Å²) in [5, 5.41) is 6.83. The number of ether oxygens (including phenoxy) is 1. The third-order valence-electron chi connectivity index (χ3n) is 6.11. The summed E-state index contributed by atoms with van der Waals surface area (Å²) in [6, 6.07) is 13.8. The van der Waals surface area contributed by atoms with Crippen molar-refractivity contribution in [3.8, 4) is 17.0 Å². The van der Waals surface area contributed by atoms with E-state index in [0.29, 0.717) is 17.2 Å². The summed E-state index contributed by atoms with van der Waals surface area (Å²) >= 11 is 0. The van der Waals surface area contributed by atoms with Gasteiger partial charge in [0.15, 0.2) is 0 Å². The third-order valence-corrected chi connectivity index (χ3v) is 6.11. The molecule has 31 heavy (non-hydrogen) atoms. The number of aromatic nitrogens is 4. The molecule has 158 valence electrons. The molecule has 4 aromatic rings.